The predicted octanol–water partition coefficient (Wildman–Crippen LogP) is 2.22. The summed E-state index contributed by atoms with van der Waals surface area (Å²) in [5.74, 6) is -1.16. The highest BCUT2D eigenvalue weighted by Gasteiger charge is 2.21. The molecule has 0 amide bonds. The second kappa shape index (κ2) is 5.81. The van der Waals surface area contributed by atoms with Crippen molar-refractivity contribution in [3.8, 4) is 0 Å². The number of hydrogen-bond acceptors (Lipinski definition) is 3. The van der Waals surface area contributed by atoms with Gasteiger partial charge in [-0.3, -0.25) is 0 Å². The van der Waals surface area contributed by atoms with E-state index in [-0.39, 0.29) is 16.5 Å². The molecule has 0 fully saturated rings. The Balaban J connectivity index is 3.23. The van der Waals surface area contributed by atoms with Crippen LogP contribution in [0.2, 0.25) is 0 Å². The summed E-state index contributed by atoms with van der Waals surface area (Å²) < 4.78 is 26.9. The third kappa shape index (κ3) is 3.54. The molecule has 0 aliphatic carbocycles. The normalized spacial score (nSPS) is 13.3. The molecule has 0 heterocycles. The van der Waals surface area contributed by atoms with Crippen LogP contribution in [0.3, 0.4) is 0 Å². The highest BCUT2D eigenvalue weighted by atomic mass is 79.9. The molecule has 0 bridgehead atoms. The first-order chi connectivity index (χ1) is 8.27. The van der Waals surface area contributed by atoms with E-state index in [0.29, 0.717) is 10.9 Å². The molecule has 1 rings (SSSR count). The molecule has 0 saturated heterocycles. The number of benzene rings is 1. The molecule has 1 unspecified atom stereocenters. The number of nitrogens with one attached hydrogen (secondary N) is 1. The van der Waals surface area contributed by atoms with Gasteiger partial charge in [0.15, 0.2) is 0 Å². The fourth-order valence-electron chi connectivity index (χ4n) is 1.25. The fraction of sp³-hybridized carbons (Fsp3) is 0.364. The molecule has 100 valence electrons. The maximum absolute atomic E-state index is 12.1. The Kier molecular flexibility index (Phi) is 4.89. The van der Waals surface area contributed by atoms with E-state index in [1.807, 2.05) is 6.92 Å². The lowest BCUT2D eigenvalue weighted by Gasteiger charge is -2.13. The summed E-state index contributed by atoms with van der Waals surface area (Å²) in [6, 6.07) is 3.68. The standard InChI is InChI=1S/C11H14BrNO4S/c1-3-7(2)13-18(16,17)10-6-8(11(14)15)4-5-9(10)12/h4-7,13H,3H2,1-2H3,(H,14,15). The zero-order chi connectivity index (χ0) is 13.9. The quantitative estimate of drug-likeness (QED) is 0.864. The van der Waals surface area contributed by atoms with Crippen LogP contribution in [0.4, 0.5) is 0 Å². The molecule has 0 spiro atoms. The van der Waals surface area contributed by atoms with Crippen molar-refractivity contribution in [3.63, 3.8) is 0 Å². The van der Waals surface area contributed by atoms with Crippen LogP contribution in [0, 0.1) is 0 Å². The Bertz CT molecular complexity index is 556. The molecular weight excluding hydrogens is 322 g/mol. The zero-order valence-electron chi connectivity index (χ0n) is 9.97. The lowest BCUT2D eigenvalue weighted by molar-refractivity contribution is 0.0696. The molecule has 1 aromatic carbocycles. The van der Waals surface area contributed by atoms with E-state index in [4.69, 9.17) is 5.11 Å². The van der Waals surface area contributed by atoms with Gasteiger partial charge in [-0.05, 0) is 47.5 Å². The van der Waals surface area contributed by atoms with Gasteiger partial charge in [0.2, 0.25) is 10.0 Å². The van der Waals surface area contributed by atoms with Crippen LogP contribution >= 0.6 is 15.9 Å². The van der Waals surface area contributed by atoms with Gasteiger partial charge in [0, 0.05) is 10.5 Å². The largest absolute Gasteiger partial charge is 0.478 e. The number of aromatic carboxylic acids is 1. The Morgan fingerprint density at radius 2 is 2.11 bits per heavy atom. The molecule has 0 aromatic heterocycles. The minimum Gasteiger partial charge on any atom is -0.478 e. The summed E-state index contributed by atoms with van der Waals surface area (Å²) >= 11 is 3.12. The summed E-state index contributed by atoms with van der Waals surface area (Å²) in [6.07, 6.45) is 0.648. The van der Waals surface area contributed by atoms with Crippen molar-refractivity contribution < 1.29 is 18.3 Å². The van der Waals surface area contributed by atoms with E-state index in [2.05, 4.69) is 20.7 Å². The predicted molar refractivity (Wildman–Crippen MR) is 71.2 cm³/mol. The smallest absolute Gasteiger partial charge is 0.335 e. The monoisotopic (exact) mass is 335 g/mol. The topological polar surface area (TPSA) is 83.5 Å². The molecule has 2 N–H and O–H groups in total. The maximum Gasteiger partial charge on any atom is 0.335 e. The average molecular weight is 336 g/mol. The van der Waals surface area contributed by atoms with Crippen molar-refractivity contribution in [3.05, 3.63) is 28.2 Å². The van der Waals surface area contributed by atoms with Gasteiger partial charge in [-0.1, -0.05) is 6.92 Å². The van der Waals surface area contributed by atoms with Crippen LogP contribution in [0.5, 0.6) is 0 Å². The van der Waals surface area contributed by atoms with Gasteiger partial charge in [-0.2, -0.15) is 0 Å². The van der Waals surface area contributed by atoms with Gasteiger partial charge in [0.1, 0.15) is 0 Å². The average Bonchev–Trinajstić information content (AvgIpc) is 2.28. The summed E-state index contributed by atoms with van der Waals surface area (Å²) in [5, 5.41) is 8.86. The molecule has 1 aromatic rings. The van der Waals surface area contributed by atoms with E-state index < -0.39 is 16.0 Å². The minimum absolute atomic E-state index is 0.0669. The van der Waals surface area contributed by atoms with Crippen LogP contribution < -0.4 is 4.72 Å². The van der Waals surface area contributed by atoms with Gasteiger partial charge in [0.05, 0.1) is 10.5 Å². The second-order valence-electron chi connectivity index (χ2n) is 3.88. The molecule has 0 radical (unpaired) electrons. The number of halogens is 1. The van der Waals surface area contributed by atoms with E-state index >= 15 is 0 Å². The van der Waals surface area contributed by atoms with Crippen LogP contribution in [-0.4, -0.2) is 25.5 Å². The third-order valence-corrected chi connectivity index (χ3v) is 5.02. The van der Waals surface area contributed by atoms with Crippen LogP contribution in [0.15, 0.2) is 27.6 Å². The number of carboxylic acid groups (broad SMARTS) is 1. The van der Waals surface area contributed by atoms with E-state index in [9.17, 15) is 13.2 Å². The molecule has 0 aliphatic rings. The highest BCUT2D eigenvalue weighted by molar-refractivity contribution is 9.10. The summed E-state index contributed by atoms with van der Waals surface area (Å²) in [4.78, 5) is 10.8. The summed E-state index contributed by atoms with van der Waals surface area (Å²) in [5.41, 5.74) is -0.0669. The van der Waals surface area contributed by atoms with E-state index in [1.54, 1.807) is 6.92 Å². The van der Waals surface area contributed by atoms with Crippen LogP contribution in [0.1, 0.15) is 30.6 Å². The van der Waals surface area contributed by atoms with Gasteiger partial charge < -0.3 is 5.11 Å². The molecular formula is C11H14BrNO4S. The van der Waals surface area contributed by atoms with Crippen molar-refractivity contribution in [2.75, 3.05) is 0 Å². The van der Waals surface area contributed by atoms with E-state index in [1.165, 1.54) is 12.1 Å². The van der Waals surface area contributed by atoms with Crippen molar-refractivity contribution >= 4 is 31.9 Å². The van der Waals surface area contributed by atoms with Gasteiger partial charge in [-0.25, -0.2) is 17.9 Å². The Labute approximate surface area is 114 Å². The first-order valence-electron chi connectivity index (χ1n) is 5.33. The minimum atomic E-state index is -3.72. The van der Waals surface area contributed by atoms with Crippen LogP contribution in [-0.2, 0) is 10.0 Å². The van der Waals surface area contributed by atoms with Gasteiger partial charge in [0.25, 0.3) is 0 Å². The first kappa shape index (κ1) is 15.1. The molecule has 0 saturated carbocycles. The van der Waals surface area contributed by atoms with Crippen LogP contribution in [0.25, 0.3) is 0 Å². The number of rotatable bonds is 5. The number of carbonyl (C=O) groups is 1. The number of carboxylic acids is 1. The van der Waals surface area contributed by atoms with Crippen molar-refractivity contribution in [2.45, 2.75) is 31.2 Å². The zero-order valence-corrected chi connectivity index (χ0v) is 12.4. The molecule has 5 nitrogen and oxygen atoms in total. The van der Waals surface area contributed by atoms with Crippen molar-refractivity contribution in [1.29, 1.82) is 0 Å². The Hall–Kier alpha value is -0.920. The molecule has 0 aliphatic heterocycles. The Morgan fingerprint density at radius 1 is 1.50 bits per heavy atom. The molecule has 18 heavy (non-hydrogen) atoms. The lowest BCUT2D eigenvalue weighted by atomic mass is 10.2. The molecule has 1 atom stereocenters. The summed E-state index contributed by atoms with van der Waals surface area (Å²) in [6.45, 7) is 3.60. The van der Waals surface area contributed by atoms with Gasteiger partial charge in [-0.15, -0.1) is 0 Å². The van der Waals surface area contributed by atoms with Gasteiger partial charge >= 0.3 is 5.97 Å². The van der Waals surface area contributed by atoms with Crippen molar-refractivity contribution in [2.24, 2.45) is 0 Å². The second-order valence-corrected chi connectivity index (χ2v) is 6.42. The lowest BCUT2D eigenvalue weighted by Crippen LogP contribution is -2.32. The maximum atomic E-state index is 12.1. The van der Waals surface area contributed by atoms with Crippen molar-refractivity contribution in [1.82, 2.24) is 4.72 Å². The first-order valence-corrected chi connectivity index (χ1v) is 7.60. The Morgan fingerprint density at radius 3 is 2.61 bits per heavy atom. The van der Waals surface area contributed by atoms with E-state index in [0.717, 1.165) is 6.07 Å². The highest BCUT2D eigenvalue weighted by Crippen LogP contribution is 2.23. The third-order valence-electron chi connectivity index (χ3n) is 2.44. The fourth-order valence-corrected chi connectivity index (χ4v) is 3.57. The summed E-state index contributed by atoms with van der Waals surface area (Å²) in [7, 11) is -3.72. The number of sulfonamides is 1. The SMILES string of the molecule is CCC(C)NS(=O)(=O)c1cc(C(=O)O)ccc1Br. The molecule has 7 heteroatoms. The number of hydrogen-bond donors (Lipinski definition) is 2.